The molecule has 1 unspecified atom stereocenters. The van der Waals surface area contributed by atoms with Crippen LogP contribution in [0.15, 0.2) is 0 Å². The van der Waals surface area contributed by atoms with Crippen LogP contribution >= 0.6 is 0 Å². The Bertz CT molecular complexity index is 212. The van der Waals surface area contributed by atoms with Gasteiger partial charge in [0.15, 0.2) is 0 Å². The van der Waals surface area contributed by atoms with Crippen molar-refractivity contribution in [2.75, 3.05) is 0 Å². The van der Waals surface area contributed by atoms with E-state index < -0.39 is 0 Å². The summed E-state index contributed by atoms with van der Waals surface area (Å²) in [4.78, 5) is 0. The second kappa shape index (κ2) is 7.56. The second-order valence-electron chi connectivity index (χ2n) is 7.23. The molecule has 0 aromatic heterocycles. The Morgan fingerprint density at radius 1 is 0.833 bits per heavy atom. The molecule has 0 aromatic carbocycles. The summed E-state index contributed by atoms with van der Waals surface area (Å²) in [6.07, 6.45) is 22.8. The molecule has 0 amide bonds. The summed E-state index contributed by atoms with van der Waals surface area (Å²) in [5.41, 5.74) is 0.838. The van der Waals surface area contributed by atoms with Crippen LogP contribution in [0.25, 0.3) is 0 Å². The minimum Gasteiger partial charge on any atom is -0.0654 e. The minimum atomic E-state index is 0.838. The molecular formula is C18H34. The number of hydrogen-bond acceptors (Lipinski definition) is 0. The molecule has 0 heterocycles. The van der Waals surface area contributed by atoms with Crippen molar-refractivity contribution in [3.8, 4) is 0 Å². The Balaban J connectivity index is 1.55. The van der Waals surface area contributed by atoms with Crippen LogP contribution in [-0.2, 0) is 0 Å². The van der Waals surface area contributed by atoms with Gasteiger partial charge in [0, 0.05) is 0 Å². The van der Waals surface area contributed by atoms with Crippen LogP contribution < -0.4 is 0 Å². The molecule has 0 saturated heterocycles. The maximum Gasteiger partial charge on any atom is -0.0295 e. The lowest BCUT2D eigenvalue weighted by atomic mass is 9.72. The molecule has 2 aliphatic carbocycles. The highest BCUT2D eigenvalue weighted by molar-refractivity contribution is 4.90. The number of hydrogen-bond donors (Lipinski definition) is 0. The maximum atomic E-state index is 2.31. The van der Waals surface area contributed by atoms with Crippen molar-refractivity contribution in [3.63, 3.8) is 0 Å². The van der Waals surface area contributed by atoms with E-state index in [9.17, 15) is 0 Å². The van der Waals surface area contributed by atoms with Crippen LogP contribution in [0.2, 0.25) is 0 Å². The molecule has 0 aromatic rings. The molecule has 1 spiro atoms. The van der Waals surface area contributed by atoms with Gasteiger partial charge in [-0.25, -0.2) is 0 Å². The highest BCUT2D eigenvalue weighted by atomic mass is 14.4. The predicted octanol–water partition coefficient (Wildman–Crippen LogP) is 6.49. The molecule has 106 valence electrons. The Kier molecular flexibility index (Phi) is 6.05. The lowest BCUT2D eigenvalue weighted by molar-refractivity contribution is 0.187. The van der Waals surface area contributed by atoms with E-state index in [2.05, 4.69) is 6.92 Å². The molecule has 0 aliphatic heterocycles. The van der Waals surface area contributed by atoms with E-state index in [-0.39, 0.29) is 0 Å². The van der Waals surface area contributed by atoms with Crippen molar-refractivity contribution in [1.29, 1.82) is 0 Å². The van der Waals surface area contributed by atoms with E-state index >= 15 is 0 Å². The summed E-state index contributed by atoms with van der Waals surface area (Å²) < 4.78 is 0. The Labute approximate surface area is 115 Å². The topological polar surface area (TPSA) is 0 Å². The summed E-state index contributed by atoms with van der Waals surface area (Å²) in [6.45, 7) is 2.31. The van der Waals surface area contributed by atoms with Gasteiger partial charge in [-0.1, -0.05) is 71.1 Å². The fraction of sp³-hybridized carbons (Fsp3) is 1.00. The first-order chi connectivity index (χ1) is 8.85. The summed E-state index contributed by atoms with van der Waals surface area (Å²) >= 11 is 0. The number of rotatable bonds is 7. The molecule has 0 N–H and O–H groups in total. The zero-order valence-electron chi connectivity index (χ0n) is 12.7. The molecule has 18 heavy (non-hydrogen) atoms. The Hall–Kier alpha value is 0. The first kappa shape index (κ1) is 14.4. The van der Waals surface area contributed by atoms with Crippen molar-refractivity contribution in [2.24, 2.45) is 11.3 Å². The standard InChI is InChI=1S/C18H34/c1-2-3-4-5-6-8-11-17-12-15-18(16-17)13-9-7-10-14-18/h17H,2-16H2,1H3. The van der Waals surface area contributed by atoms with Gasteiger partial charge in [-0.15, -0.1) is 0 Å². The monoisotopic (exact) mass is 250 g/mol. The summed E-state index contributed by atoms with van der Waals surface area (Å²) in [6, 6.07) is 0. The summed E-state index contributed by atoms with van der Waals surface area (Å²) in [5.74, 6) is 1.11. The molecule has 2 rings (SSSR count). The van der Waals surface area contributed by atoms with E-state index in [0.717, 1.165) is 11.3 Å². The highest BCUT2D eigenvalue weighted by Gasteiger charge is 2.38. The molecule has 2 saturated carbocycles. The van der Waals surface area contributed by atoms with Gasteiger partial charge >= 0.3 is 0 Å². The lowest BCUT2D eigenvalue weighted by Gasteiger charge is -2.33. The average molecular weight is 250 g/mol. The Morgan fingerprint density at radius 2 is 1.56 bits per heavy atom. The van der Waals surface area contributed by atoms with E-state index in [0.29, 0.717) is 0 Å². The highest BCUT2D eigenvalue weighted by Crippen LogP contribution is 2.52. The van der Waals surface area contributed by atoms with E-state index in [1.165, 1.54) is 57.8 Å². The van der Waals surface area contributed by atoms with Crippen molar-refractivity contribution >= 4 is 0 Å². The van der Waals surface area contributed by atoms with E-state index in [4.69, 9.17) is 0 Å². The molecule has 2 fully saturated rings. The first-order valence-corrected chi connectivity index (χ1v) is 8.85. The van der Waals surface area contributed by atoms with Gasteiger partial charge in [-0.05, 0) is 43.4 Å². The smallest absolute Gasteiger partial charge is 0.0295 e. The molecule has 0 nitrogen and oxygen atoms in total. The molecule has 0 bridgehead atoms. The van der Waals surface area contributed by atoms with Crippen LogP contribution in [0.4, 0.5) is 0 Å². The number of unbranched alkanes of at least 4 members (excludes halogenated alkanes) is 5. The van der Waals surface area contributed by atoms with Gasteiger partial charge in [0.25, 0.3) is 0 Å². The van der Waals surface area contributed by atoms with E-state index in [1.807, 2.05) is 0 Å². The van der Waals surface area contributed by atoms with Gasteiger partial charge in [0.05, 0.1) is 0 Å². The fourth-order valence-corrected chi connectivity index (χ4v) is 4.54. The normalized spacial score (nSPS) is 26.8. The van der Waals surface area contributed by atoms with Crippen molar-refractivity contribution in [1.82, 2.24) is 0 Å². The van der Waals surface area contributed by atoms with Gasteiger partial charge in [-0.3, -0.25) is 0 Å². The molecule has 0 radical (unpaired) electrons. The predicted molar refractivity (Wildman–Crippen MR) is 80.9 cm³/mol. The zero-order valence-corrected chi connectivity index (χ0v) is 12.7. The zero-order chi connectivity index (χ0) is 12.7. The SMILES string of the molecule is CCCCCCCCC1CCC2(CCCCC2)C1. The van der Waals surface area contributed by atoms with Gasteiger partial charge in [0.1, 0.15) is 0 Å². The lowest BCUT2D eigenvalue weighted by Crippen LogP contribution is -2.20. The summed E-state index contributed by atoms with van der Waals surface area (Å²) in [5, 5.41) is 0. The fourth-order valence-electron chi connectivity index (χ4n) is 4.54. The third-order valence-electron chi connectivity index (χ3n) is 5.68. The molecular weight excluding hydrogens is 216 g/mol. The van der Waals surface area contributed by atoms with Gasteiger partial charge in [0.2, 0.25) is 0 Å². The first-order valence-electron chi connectivity index (χ1n) is 8.85. The van der Waals surface area contributed by atoms with Gasteiger partial charge < -0.3 is 0 Å². The van der Waals surface area contributed by atoms with Crippen molar-refractivity contribution in [3.05, 3.63) is 0 Å². The Morgan fingerprint density at radius 3 is 2.33 bits per heavy atom. The third-order valence-corrected chi connectivity index (χ3v) is 5.68. The van der Waals surface area contributed by atoms with Crippen LogP contribution in [0.3, 0.4) is 0 Å². The van der Waals surface area contributed by atoms with E-state index in [1.54, 1.807) is 38.5 Å². The molecule has 0 heteroatoms. The minimum absolute atomic E-state index is 0.838. The average Bonchev–Trinajstić information content (AvgIpc) is 2.78. The summed E-state index contributed by atoms with van der Waals surface area (Å²) in [7, 11) is 0. The van der Waals surface area contributed by atoms with Crippen molar-refractivity contribution in [2.45, 2.75) is 103 Å². The molecule has 2 aliphatic rings. The largest absolute Gasteiger partial charge is 0.0654 e. The van der Waals surface area contributed by atoms with Crippen molar-refractivity contribution < 1.29 is 0 Å². The maximum absolute atomic E-state index is 2.31. The van der Waals surface area contributed by atoms with Crippen LogP contribution in [0, 0.1) is 11.3 Å². The molecule has 1 atom stereocenters. The van der Waals surface area contributed by atoms with Crippen LogP contribution in [-0.4, -0.2) is 0 Å². The van der Waals surface area contributed by atoms with Gasteiger partial charge in [-0.2, -0.15) is 0 Å². The van der Waals surface area contributed by atoms with Crippen LogP contribution in [0.5, 0.6) is 0 Å². The van der Waals surface area contributed by atoms with Crippen LogP contribution in [0.1, 0.15) is 103 Å². The second-order valence-corrected chi connectivity index (χ2v) is 7.23. The quantitative estimate of drug-likeness (QED) is 0.453. The third kappa shape index (κ3) is 4.28.